The average molecular weight is 346 g/mol. The maximum atomic E-state index is 13.1. The average Bonchev–Trinajstić information content (AvgIpc) is 3.04. The Kier molecular flexibility index (Phi) is 4.34. The van der Waals surface area contributed by atoms with Crippen molar-refractivity contribution >= 4 is 23.0 Å². The Morgan fingerprint density at radius 3 is 2.62 bits per heavy atom. The van der Waals surface area contributed by atoms with Crippen molar-refractivity contribution in [3.63, 3.8) is 0 Å². The number of Topliss-reactive ketones (excluding diaryl/α,β-unsaturated/α-hetero) is 1. The molecule has 0 fully saturated rings. The van der Waals surface area contributed by atoms with E-state index in [1.54, 1.807) is 30.2 Å². The van der Waals surface area contributed by atoms with Crippen LogP contribution in [-0.4, -0.2) is 28.6 Å². The van der Waals surface area contributed by atoms with Crippen LogP contribution in [0, 0.1) is 20.8 Å². The minimum absolute atomic E-state index is 0.0122. The Morgan fingerprint density at radius 2 is 2.00 bits per heavy atom. The Bertz CT molecular complexity index is 819. The minimum Gasteiger partial charge on any atom is -0.465 e. The Balaban J connectivity index is 1.96. The number of thiazole rings is 1. The molecule has 24 heavy (non-hydrogen) atoms. The van der Waals surface area contributed by atoms with Crippen LogP contribution in [0.2, 0.25) is 0 Å². The summed E-state index contributed by atoms with van der Waals surface area (Å²) in [6.07, 6.45) is 1.99. The Hall–Kier alpha value is -1.95. The van der Waals surface area contributed by atoms with E-state index in [2.05, 4.69) is 4.98 Å². The molecule has 0 radical (unpaired) electrons. The van der Waals surface area contributed by atoms with E-state index in [0.717, 1.165) is 28.4 Å². The van der Waals surface area contributed by atoms with E-state index in [4.69, 9.17) is 4.42 Å². The quantitative estimate of drug-likeness (QED) is 0.842. The van der Waals surface area contributed by atoms with Gasteiger partial charge in [-0.25, -0.2) is 4.98 Å². The molecular formula is C18H22N2O3S. The molecule has 0 saturated carbocycles. The van der Waals surface area contributed by atoms with Gasteiger partial charge < -0.3 is 9.32 Å². The molecule has 2 aromatic rings. The topological polar surface area (TPSA) is 63.4 Å². The highest BCUT2D eigenvalue weighted by Crippen LogP contribution is 2.33. The van der Waals surface area contributed by atoms with E-state index in [1.807, 2.05) is 20.8 Å². The van der Waals surface area contributed by atoms with Crippen LogP contribution in [0.25, 0.3) is 0 Å². The fourth-order valence-electron chi connectivity index (χ4n) is 3.33. The van der Waals surface area contributed by atoms with Crippen LogP contribution in [0.1, 0.15) is 73.6 Å². The van der Waals surface area contributed by atoms with Crippen LogP contribution in [0.5, 0.6) is 0 Å². The maximum Gasteiger partial charge on any atom is 0.258 e. The largest absolute Gasteiger partial charge is 0.465 e. The number of amides is 1. The van der Waals surface area contributed by atoms with Gasteiger partial charge in [-0.1, -0.05) is 0 Å². The van der Waals surface area contributed by atoms with Crippen molar-refractivity contribution in [1.82, 2.24) is 9.88 Å². The van der Waals surface area contributed by atoms with E-state index in [-0.39, 0.29) is 17.7 Å². The summed E-state index contributed by atoms with van der Waals surface area (Å²) in [5.41, 5.74) is 1.83. The first-order valence-electron chi connectivity index (χ1n) is 8.17. The molecule has 3 rings (SSSR count). The van der Waals surface area contributed by atoms with Gasteiger partial charge in [0, 0.05) is 24.8 Å². The molecule has 128 valence electrons. The number of hydrogen-bond acceptors (Lipinski definition) is 5. The lowest BCUT2D eigenvalue weighted by Gasteiger charge is -2.25. The Labute approximate surface area is 145 Å². The first kappa shape index (κ1) is 16.9. The number of aromatic nitrogens is 1. The van der Waals surface area contributed by atoms with Crippen LogP contribution in [0.4, 0.5) is 0 Å². The first-order valence-corrected chi connectivity index (χ1v) is 8.99. The molecule has 2 aromatic heterocycles. The molecule has 0 spiro atoms. The second-order valence-corrected chi connectivity index (χ2v) is 7.78. The number of carbonyl (C=O) groups is 2. The third kappa shape index (κ3) is 2.69. The summed E-state index contributed by atoms with van der Waals surface area (Å²) in [5.74, 6) is 1.03. The predicted molar refractivity (Wildman–Crippen MR) is 92.8 cm³/mol. The molecule has 2 heterocycles. The molecule has 0 aliphatic heterocycles. The molecule has 1 atom stereocenters. The fraction of sp³-hybridized carbons (Fsp3) is 0.500. The summed E-state index contributed by atoms with van der Waals surface area (Å²) in [6, 6.07) is -0.161. The zero-order valence-corrected chi connectivity index (χ0v) is 15.5. The number of fused-ring (bicyclic) bond motifs is 1. The molecule has 1 aliphatic rings. The number of hydrogen-bond donors (Lipinski definition) is 0. The zero-order valence-electron chi connectivity index (χ0n) is 14.7. The summed E-state index contributed by atoms with van der Waals surface area (Å²) >= 11 is 1.63. The van der Waals surface area contributed by atoms with Crippen molar-refractivity contribution < 1.29 is 14.0 Å². The van der Waals surface area contributed by atoms with Crippen LogP contribution in [0.3, 0.4) is 0 Å². The highest BCUT2D eigenvalue weighted by atomic mass is 32.1. The number of nitrogens with zero attached hydrogens (tertiary/aromatic N) is 2. The summed E-state index contributed by atoms with van der Waals surface area (Å²) in [6.45, 7) is 7.70. The van der Waals surface area contributed by atoms with Gasteiger partial charge in [0.2, 0.25) is 0 Å². The van der Waals surface area contributed by atoms with E-state index in [9.17, 15) is 9.59 Å². The van der Waals surface area contributed by atoms with Crippen molar-refractivity contribution in [2.45, 2.75) is 53.0 Å². The number of rotatable bonds is 3. The zero-order chi connectivity index (χ0) is 17.6. The smallest absolute Gasteiger partial charge is 0.258 e. The molecule has 0 N–H and O–H groups in total. The summed E-state index contributed by atoms with van der Waals surface area (Å²) in [5, 5.41) is 0.988. The van der Waals surface area contributed by atoms with E-state index in [1.165, 1.54) is 0 Å². The SMILES string of the molecule is Cc1nc([C@H](C)N(C)C(=O)c2c(C)oc3c2C(=O)CCC3)c(C)s1. The number of aryl methyl sites for hydroxylation is 4. The molecule has 1 amide bonds. The summed E-state index contributed by atoms with van der Waals surface area (Å²) in [4.78, 5) is 32.7. The molecule has 0 bridgehead atoms. The Morgan fingerprint density at radius 1 is 1.29 bits per heavy atom. The third-order valence-electron chi connectivity index (χ3n) is 4.69. The maximum absolute atomic E-state index is 13.1. The lowest BCUT2D eigenvalue weighted by molar-refractivity contribution is 0.0733. The predicted octanol–water partition coefficient (Wildman–Crippen LogP) is 4.01. The van der Waals surface area contributed by atoms with Gasteiger partial charge in [-0.05, 0) is 34.1 Å². The molecule has 6 heteroatoms. The lowest BCUT2D eigenvalue weighted by Crippen LogP contribution is -2.31. The van der Waals surface area contributed by atoms with Crippen molar-refractivity contribution in [1.29, 1.82) is 0 Å². The van der Waals surface area contributed by atoms with Crippen LogP contribution in [0.15, 0.2) is 4.42 Å². The van der Waals surface area contributed by atoms with E-state index >= 15 is 0 Å². The molecule has 0 unspecified atom stereocenters. The van der Waals surface area contributed by atoms with Gasteiger partial charge in [-0.15, -0.1) is 11.3 Å². The van der Waals surface area contributed by atoms with E-state index < -0.39 is 0 Å². The third-order valence-corrected chi connectivity index (χ3v) is 5.60. The number of ketones is 1. The van der Waals surface area contributed by atoms with Crippen molar-refractivity contribution in [2.24, 2.45) is 0 Å². The summed E-state index contributed by atoms with van der Waals surface area (Å²) < 4.78 is 5.71. The van der Waals surface area contributed by atoms with E-state index in [0.29, 0.717) is 29.1 Å². The second kappa shape index (κ2) is 6.16. The van der Waals surface area contributed by atoms with Gasteiger partial charge in [0.15, 0.2) is 5.78 Å². The van der Waals surface area contributed by atoms with Crippen molar-refractivity contribution in [2.75, 3.05) is 7.05 Å². The molecule has 0 aromatic carbocycles. The van der Waals surface area contributed by atoms with Gasteiger partial charge in [0.05, 0.1) is 27.9 Å². The van der Waals surface area contributed by atoms with Crippen LogP contribution >= 0.6 is 11.3 Å². The van der Waals surface area contributed by atoms with Gasteiger partial charge in [-0.3, -0.25) is 9.59 Å². The van der Waals surface area contributed by atoms with Gasteiger partial charge in [-0.2, -0.15) is 0 Å². The molecule has 5 nitrogen and oxygen atoms in total. The first-order chi connectivity index (χ1) is 11.3. The standard InChI is InChI=1S/C18H22N2O3S/c1-9(17-11(3)24-12(4)19-17)20(5)18(22)15-10(2)23-14-8-6-7-13(21)16(14)15/h9H,6-8H2,1-5H3/t9-/m0/s1. The van der Waals surface area contributed by atoms with Crippen molar-refractivity contribution in [3.8, 4) is 0 Å². The van der Waals surface area contributed by atoms with Gasteiger partial charge in [0.25, 0.3) is 5.91 Å². The highest BCUT2D eigenvalue weighted by Gasteiger charge is 2.33. The highest BCUT2D eigenvalue weighted by molar-refractivity contribution is 7.11. The van der Waals surface area contributed by atoms with Crippen LogP contribution < -0.4 is 0 Å². The van der Waals surface area contributed by atoms with Gasteiger partial charge in [0.1, 0.15) is 11.5 Å². The molecule has 0 saturated heterocycles. The number of furan rings is 1. The normalized spacial score (nSPS) is 15.3. The van der Waals surface area contributed by atoms with Crippen molar-refractivity contribution in [3.05, 3.63) is 38.2 Å². The number of carbonyl (C=O) groups excluding carboxylic acids is 2. The molecule has 1 aliphatic carbocycles. The fourth-order valence-corrected chi connectivity index (χ4v) is 4.24. The monoisotopic (exact) mass is 346 g/mol. The lowest BCUT2D eigenvalue weighted by atomic mass is 9.92. The second-order valence-electron chi connectivity index (χ2n) is 6.37. The summed E-state index contributed by atoms with van der Waals surface area (Å²) in [7, 11) is 1.76. The minimum atomic E-state index is -0.176. The van der Waals surface area contributed by atoms with Gasteiger partial charge >= 0.3 is 0 Å². The molecular weight excluding hydrogens is 324 g/mol. The van der Waals surface area contributed by atoms with Crippen LogP contribution in [-0.2, 0) is 6.42 Å².